The molecule has 0 saturated heterocycles. The number of rotatable bonds is 3. The summed E-state index contributed by atoms with van der Waals surface area (Å²) in [6.07, 6.45) is -0.776. The summed E-state index contributed by atoms with van der Waals surface area (Å²) in [5, 5.41) is 0. The first kappa shape index (κ1) is 10.5. The second-order valence-electron chi connectivity index (χ2n) is 2.58. The third-order valence-corrected chi connectivity index (χ3v) is 1.54. The SMILES string of the molecule is CC(=O)C(=O)Cc1oc(F)c(F)c1F. The Morgan fingerprint density at radius 1 is 1.21 bits per heavy atom. The van der Waals surface area contributed by atoms with E-state index in [1.165, 1.54) is 0 Å². The molecule has 1 aromatic heterocycles. The molecule has 1 rings (SSSR count). The maximum Gasteiger partial charge on any atom is 0.317 e. The molecule has 0 N–H and O–H groups in total. The van der Waals surface area contributed by atoms with Gasteiger partial charge in [0.2, 0.25) is 17.4 Å². The average molecular weight is 206 g/mol. The number of Topliss-reactive ketones (excluding diaryl/α,β-unsaturated/α-hetero) is 2. The van der Waals surface area contributed by atoms with E-state index in [0.717, 1.165) is 6.92 Å². The second-order valence-corrected chi connectivity index (χ2v) is 2.58. The van der Waals surface area contributed by atoms with Crippen LogP contribution < -0.4 is 0 Å². The van der Waals surface area contributed by atoms with Crippen molar-refractivity contribution in [3.63, 3.8) is 0 Å². The van der Waals surface area contributed by atoms with Crippen molar-refractivity contribution >= 4 is 11.6 Å². The summed E-state index contributed by atoms with van der Waals surface area (Å²) in [5.41, 5.74) is 0. The molecule has 6 heteroatoms. The highest BCUT2D eigenvalue weighted by Crippen LogP contribution is 2.18. The fourth-order valence-electron chi connectivity index (χ4n) is 0.790. The summed E-state index contributed by atoms with van der Waals surface area (Å²) in [6, 6.07) is -1.73. The standard InChI is InChI=1S/C8H5F3O3/c1-3(12)4(13)2-5-6(9)7(10)8(11)14-5/h2H2,1H3. The van der Waals surface area contributed by atoms with Crippen LogP contribution in [0.4, 0.5) is 13.2 Å². The minimum Gasteiger partial charge on any atom is -0.430 e. The lowest BCUT2D eigenvalue weighted by Gasteiger charge is -1.91. The zero-order valence-corrected chi connectivity index (χ0v) is 7.07. The van der Waals surface area contributed by atoms with Crippen LogP contribution in [0.3, 0.4) is 0 Å². The molecular formula is C8H5F3O3. The van der Waals surface area contributed by atoms with Crippen LogP contribution in [0.25, 0.3) is 0 Å². The monoisotopic (exact) mass is 206 g/mol. The average Bonchev–Trinajstić information content (AvgIpc) is 2.33. The first-order chi connectivity index (χ1) is 6.43. The van der Waals surface area contributed by atoms with Gasteiger partial charge in [0.1, 0.15) is 0 Å². The molecule has 0 saturated carbocycles. The predicted octanol–water partition coefficient (Wildman–Crippen LogP) is 1.40. The van der Waals surface area contributed by atoms with Gasteiger partial charge in [-0.15, -0.1) is 0 Å². The number of carbonyl (C=O) groups is 2. The molecule has 0 unspecified atom stereocenters. The van der Waals surface area contributed by atoms with Gasteiger partial charge in [0.15, 0.2) is 11.5 Å². The first-order valence-corrected chi connectivity index (χ1v) is 3.59. The number of hydrogen-bond donors (Lipinski definition) is 0. The van der Waals surface area contributed by atoms with E-state index in [4.69, 9.17) is 0 Å². The van der Waals surface area contributed by atoms with Gasteiger partial charge in [0.05, 0.1) is 6.42 Å². The lowest BCUT2D eigenvalue weighted by atomic mass is 10.2. The number of ketones is 2. The number of carbonyl (C=O) groups excluding carboxylic acids is 2. The van der Waals surface area contributed by atoms with Gasteiger partial charge in [-0.1, -0.05) is 0 Å². The Morgan fingerprint density at radius 2 is 1.79 bits per heavy atom. The van der Waals surface area contributed by atoms with Crippen molar-refractivity contribution in [1.82, 2.24) is 0 Å². The van der Waals surface area contributed by atoms with Crippen molar-refractivity contribution in [2.75, 3.05) is 0 Å². The van der Waals surface area contributed by atoms with Crippen LogP contribution in [0.15, 0.2) is 4.42 Å². The molecule has 0 amide bonds. The van der Waals surface area contributed by atoms with Crippen LogP contribution in [-0.4, -0.2) is 11.6 Å². The third kappa shape index (κ3) is 1.84. The maximum atomic E-state index is 12.7. The van der Waals surface area contributed by atoms with Crippen molar-refractivity contribution < 1.29 is 27.2 Å². The maximum absolute atomic E-state index is 12.7. The van der Waals surface area contributed by atoms with Gasteiger partial charge in [0.25, 0.3) is 0 Å². The highest BCUT2D eigenvalue weighted by Gasteiger charge is 2.23. The van der Waals surface area contributed by atoms with Crippen LogP contribution in [0.2, 0.25) is 0 Å². The molecular weight excluding hydrogens is 201 g/mol. The van der Waals surface area contributed by atoms with E-state index < -0.39 is 41.4 Å². The van der Waals surface area contributed by atoms with Gasteiger partial charge >= 0.3 is 6.01 Å². The molecule has 0 aliphatic heterocycles. The molecule has 0 radical (unpaired) electrons. The van der Waals surface area contributed by atoms with Crippen molar-refractivity contribution in [3.05, 3.63) is 23.4 Å². The minimum atomic E-state index is -1.78. The lowest BCUT2D eigenvalue weighted by Crippen LogP contribution is -2.12. The number of furan rings is 1. The van der Waals surface area contributed by atoms with Crippen molar-refractivity contribution in [1.29, 1.82) is 0 Å². The minimum absolute atomic E-state index is 0.776. The molecule has 1 heterocycles. The molecule has 0 aliphatic carbocycles. The molecule has 14 heavy (non-hydrogen) atoms. The highest BCUT2D eigenvalue weighted by atomic mass is 19.2. The normalized spacial score (nSPS) is 10.3. The van der Waals surface area contributed by atoms with Crippen LogP contribution >= 0.6 is 0 Å². The fraction of sp³-hybridized carbons (Fsp3) is 0.250. The largest absolute Gasteiger partial charge is 0.430 e. The van der Waals surface area contributed by atoms with Gasteiger partial charge in [-0.2, -0.15) is 13.2 Å². The highest BCUT2D eigenvalue weighted by molar-refractivity contribution is 6.36. The molecule has 0 aromatic carbocycles. The van der Waals surface area contributed by atoms with Gasteiger partial charge in [-0.25, -0.2) is 0 Å². The molecule has 0 bridgehead atoms. The van der Waals surface area contributed by atoms with Crippen LogP contribution in [0.1, 0.15) is 12.7 Å². The molecule has 3 nitrogen and oxygen atoms in total. The van der Waals surface area contributed by atoms with Crippen molar-refractivity contribution in [2.24, 2.45) is 0 Å². The lowest BCUT2D eigenvalue weighted by molar-refractivity contribution is -0.135. The Kier molecular flexibility index (Phi) is 2.73. The van der Waals surface area contributed by atoms with E-state index in [2.05, 4.69) is 4.42 Å². The molecule has 0 aliphatic rings. The molecule has 1 aromatic rings. The van der Waals surface area contributed by atoms with E-state index in [0.29, 0.717) is 0 Å². The Bertz CT molecular complexity index is 395. The summed E-state index contributed by atoms with van der Waals surface area (Å²) in [7, 11) is 0. The van der Waals surface area contributed by atoms with E-state index in [9.17, 15) is 22.8 Å². The van der Waals surface area contributed by atoms with E-state index in [-0.39, 0.29) is 0 Å². The Labute approximate surface area is 76.5 Å². The summed E-state index contributed by atoms with van der Waals surface area (Å²) in [4.78, 5) is 21.2. The Morgan fingerprint density at radius 3 is 2.14 bits per heavy atom. The van der Waals surface area contributed by atoms with E-state index >= 15 is 0 Å². The molecule has 76 valence electrons. The zero-order valence-electron chi connectivity index (χ0n) is 7.07. The van der Waals surface area contributed by atoms with Crippen molar-refractivity contribution in [3.8, 4) is 0 Å². The fourth-order valence-corrected chi connectivity index (χ4v) is 0.790. The number of hydrogen-bond acceptors (Lipinski definition) is 3. The first-order valence-electron chi connectivity index (χ1n) is 3.59. The smallest absolute Gasteiger partial charge is 0.317 e. The summed E-state index contributed by atoms with van der Waals surface area (Å²) in [5.74, 6) is -5.96. The molecule has 0 fully saturated rings. The quantitative estimate of drug-likeness (QED) is 0.702. The zero-order chi connectivity index (χ0) is 10.9. The van der Waals surface area contributed by atoms with Crippen molar-refractivity contribution in [2.45, 2.75) is 13.3 Å². The number of halogens is 3. The van der Waals surface area contributed by atoms with Crippen LogP contribution in [-0.2, 0) is 16.0 Å². The molecule has 0 spiro atoms. The topological polar surface area (TPSA) is 47.3 Å². The van der Waals surface area contributed by atoms with Crippen LogP contribution in [0, 0.1) is 17.6 Å². The van der Waals surface area contributed by atoms with Gasteiger partial charge in [-0.3, -0.25) is 9.59 Å². The summed E-state index contributed by atoms with van der Waals surface area (Å²) >= 11 is 0. The summed E-state index contributed by atoms with van der Waals surface area (Å²) in [6.45, 7) is 0.968. The Balaban J connectivity index is 2.93. The Hall–Kier alpha value is -1.59. The van der Waals surface area contributed by atoms with Crippen LogP contribution in [0.5, 0.6) is 0 Å². The molecule has 0 atom stereocenters. The van der Waals surface area contributed by atoms with E-state index in [1.54, 1.807) is 0 Å². The van der Waals surface area contributed by atoms with Gasteiger partial charge in [-0.05, 0) is 0 Å². The van der Waals surface area contributed by atoms with Gasteiger partial charge < -0.3 is 4.42 Å². The summed E-state index contributed by atoms with van der Waals surface area (Å²) < 4.78 is 41.3. The second kappa shape index (κ2) is 3.65. The predicted molar refractivity (Wildman–Crippen MR) is 38.0 cm³/mol. The third-order valence-electron chi connectivity index (χ3n) is 1.54. The van der Waals surface area contributed by atoms with E-state index in [1.807, 2.05) is 0 Å². The van der Waals surface area contributed by atoms with Gasteiger partial charge in [0, 0.05) is 6.92 Å².